The average molecular weight is 221 g/mol. The second-order valence-electron chi connectivity index (χ2n) is 3.63. The zero-order valence-corrected chi connectivity index (χ0v) is 9.17. The summed E-state index contributed by atoms with van der Waals surface area (Å²) >= 11 is 0. The molecule has 5 heteroatoms. The van der Waals surface area contributed by atoms with Crippen molar-refractivity contribution in [1.29, 1.82) is 0 Å². The van der Waals surface area contributed by atoms with Crippen LogP contribution >= 0.6 is 0 Å². The van der Waals surface area contributed by atoms with Gasteiger partial charge in [-0.3, -0.25) is 4.98 Å². The molecule has 0 aliphatic carbocycles. The van der Waals surface area contributed by atoms with E-state index in [1.807, 2.05) is 25.2 Å². The van der Waals surface area contributed by atoms with Gasteiger partial charge in [0.25, 0.3) is 0 Å². The lowest BCUT2D eigenvalue weighted by Gasteiger charge is -2.03. The van der Waals surface area contributed by atoms with E-state index in [1.54, 1.807) is 0 Å². The van der Waals surface area contributed by atoms with Crippen molar-refractivity contribution in [3.05, 3.63) is 34.3 Å². The van der Waals surface area contributed by atoms with Crippen LogP contribution in [0.3, 0.4) is 0 Å². The Kier molecular flexibility index (Phi) is 3.38. The van der Waals surface area contributed by atoms with E-state index in [-0.39, 0.29) is 0 Å². The van der Waals surface area contributed by atoms with Crippen molar-refractivity contribution in [2.75, 3.05) is 20.1 Å². The number of likely N-dealkylation sites (N-methyl/N-ethyl adjacent to an activating group) is 1. The predicted molar refractivity (Wildman–Crippen MR) is 62.5 cm³/mol. The van der Waals surface area contributed by atoms with Gasteiger partial charge in [0.05, 0.1) is 5.52 Å². The quantitative estimate of drug-likeness (QED) is 0.640. The Bertz CT molecular complexity index is 515. The molecule has 0 saturated heterocycles. The van der Waals surface area contributed by atoms with Gasteiger partial charge < -0.3 is 15.1 Å². The number of H-pyrrole nitrogens is 1. The highest BCUT2D eigenvalue weighted by Crippen LogP contribution is 2.11. The van der Waals surface area contributed by atoms with E-state index in [0.29, 0.717) is 5.58 Å². The van der Waals surface area contributed by atoms with Crippen molar-refractivity contribution in [1.82, 2.24) is 15.6 Å². The summed E-state index contributed by atoms with van der Waals surface area (Å²) in [5, 5.41) is 6.34. The molecular formula is C11H15N3O2. The Morgan fingerprint density at radius 2 is 2.25 bits per heavy atom. The monoisotopic (exact) mass is 221 g/mol. The van der Waals surface area contributed by atoms with Crippen LogP contribution < -0.4 is 16.4 Å². The highest BCUT2D eigenvalue weighted by molar-refractivity contribution is 5.72. The molecule has 16 heavy (non-hydrogen) atoms. The molecule has 0 unspecified atom stereocenters. The van der Waals surface area contributed by atoms with Crippen LogP contribution in [0.1, 0.15) is 5.56 Å². The van der Waals surface area contributed by atoms with Crippen molar-refractivity contribution >= 4 is 11.1 Å². The van der Waals surface area contributed by atoms with Gasteiger partial charge in [0.1, 0.15) is 0 Å². The van der Waals surface area contributed by atoms with Crippen LogP contribution in [0.5, 0.6) is 0 Å². The first kappa shape index (κ1) is 10.9. The Morgan fingerprint density at radius 3 is 3.06 bits per heavy atom. The van der Waals surface area contributed by atoms with Gasteiger partial charge in [-0.05, 0) is 24.7 Å². The fourth-order valence-corrected chi connectivity index (χ4v) is 1.55. The number of hydrogen-bond donors (Lipinski definition) is 3. The Balaban J connectivity index is 2.04. The molecule has 0 aliphatic rings. The molecule has 0 aliphatic heterocycles. The van der Waals surface area contributed by atoms with Crippen LogP contribution in [-0.4, -0.2) is 25.1 Å². The largest absolute Gasteiger partial charge is 0.417 e. The second-order valence-corrected chi connectivity index (χ2v) is 3.63. The lowest BCUT2D eigenvalue weighted by Crippen LogP contribution is -2.24. The summed E-state index contributed by atoms with van der Waals surface area (Å²) in [5.74, 6) is -0.407. The predicted octanol–water partition coefficient (Wildman–Crippen LogP) is 0.430. The van der Waals surface area contributed by atoms with Crippen LogP contribution in [0.15, 0.2) is 27.4 Å². The van der Waals surface area contributed by atoms with Crippen molar-refractivity contribution in [2.45, 2.75) is 6.54 Å². The van der Waals surface area contributed by atoms with Crippen molar-refractivity contribution < 1.29 is 4.42 Å². The van der Waals surface area contributed by atoms with Crippen LogP contribution in [-0.2, 0) is 6.54 Å². The molecule has 1 aromatic heterocycles. The summed E-state index contributed by atoms with van der Waals surface area (Å²) in [4.78, 5) is 13.6. The Labute approximate surface area is 92.8 Å². The number of oxazole rings is 1. The van der Waals surface area contributed by atoms with Gasteiger partial charge in [0.15, 0.2) is 5.58 Å². The summed E-state index contributed by atoms with van der Waals surface area (Å²) in [6, 6.07) is 5.70. The van der Waals surface area contributed by atoms with Crippen LogP contribution in [0.2, 0.25) is 0 Å². The van der Waals surface area contributed by atoms with E-state index >= 15 is 0 Å². The Morgan fingerprint density at radius 1 is 1.38 bits per heavy atom. The molecule has 3 N–H and O–H groups in total. The first-order chi connectivity index (χ1) is 7.79. The van der Waals surface area contributed by atoms with Gasteiger partial charge in [0, 0.05) is 19.6 Å². The highest BCUT2D eigenvalue weighted by Gasteiger charge is 2.01. The molecule has 5 nitrogen and oxygen atoms in total. The molecule has 1 aromatic carbocycles. The highest BCUT2D eigenvalue weighted by atomic mass is 16.4. The van der Waals surface area contributed by atoms with Crippen molar-refractivity contribution in [3.8, 4) is 0 Å². The third-order valence-corrected chi connectivity index (χ3v) is 2.37. The molecular weight excluding hydrogens is 206 g/mol. The fourth-order valence-electron chi connectivity index (χ4n) is 1.55. The summed E-state index contributed by atoms with van der Waals surface area (Å²) in [5.41, 5.74) is 2.45. The van der Waals surface area contributed by atoms with E-state index in [0.717, 1.165) is 30.7 Å². The van der Waals surface area contributed by atoms with Gasteiger partial charge in [-0.15, -0.1) is 0 Å². The van der Waals surface area contributed by atoms with E-state index < -0.39 is 5.76 Å². The van der Waals surface area contributed by atoms with Gasteiger partial charge in [-0.1, -0.05) is 6.07 Å². The van der Waals surface area contributed by atoms with Gasteiger partial charge in [0.2, 0.25) is 0 Å². The summed E-state index contributed by atoms with van der Waals surface area (Å²) in [7, 11) is 1.92. The maximum atomic E-state index is 11.0. The zero-order chi connectivity index (χ0) is 11.4. The number of hydrogen-bond acceptors (Lipinski definition) is 4. The zero-order valence-electron chi connectivity index (χ0n) is 9.17. The minimum atomic E-state index is -0.407. The summed E-state index contributed by atoms with van der Waals surface area (Å²) < 4.78 is 4.98. The molecule has 0 amide bonds. The average Bonchev–Trinajstić information content (AvgIpc) is 2.64. The fraction of sp³-hybridized carbons (Fsp3) is 0.364. The smallest absolute Gasteiger partial charge is 0.408 e. The number of aromatic amines is 1. The topological polar surface area (TPSA) is 70.1 Å². The van der Waals surface area contributed by atoms with Crippen molar-refractivity contribution in [2.24, 2.45) is 0 Å². The van der Waals surface area contributed by atoms with Gasteiger partial charge in [-0.25, -0.2) is 4.79 Å². The maximum absolute atomic E-state index is 11.0. The molecule has 0 fully saturated rings. The Hall–Kier alpha value is -1.59. The molecule has 86 valence electrons. The second kappa shape index (κ2) is 4.96. The van der Waals surface area contributed by atoms with Crippen molar-refractivity contribution in [3.63, 3.8) is 0 Å². The standard InChI is InChI=1S/C11H15N3O2/c1-12-4-5-13-7-8-2-3-9-10(6-8)16-11(15)14-9/h2-3,6,12-13H,4-5,7H2,1H3,(H,14,15). The normalized spacial score (nSPS) is 11.1. The van der Waals surface area contributed by atoms with E-state index in [2.05, 4.69) is 15.6 Å². The molecule has 0 spiro atoms. The van der Waals surface area contributed by atoms with E-state index in [4.69, 9.17) is 4.42 Å². The molecule has 2 aromatic rings. The molecule has 0 bridgehead atoms. The SMILES string of the molecule is CNCCNCc1ccc2[nH]c(=O)oc2c1. The molecule has 0 saturated carbocycles. The van der Waals surface area contributed by atoms with Crippen LogP contribution in [0, 0.1) is 0 Å². The lowest BCUT2D eigenvalue weighted by atomic mass is 10.2. The lowest BCUT2D eigenvalue weighted by molar-refractivity contribution is 0.554. The van der Waals surface area contributed by atoms with Gasteiger partial charge in [-0.2, -0.15) is 0 Å². The molecule has 0 radical (unpaired) electrons. The minimum Gasteiger partial charge on any atom is -0.408 e. The number of fused-ring (bicyclic) bond motifs is 1. The minimum absolute atomic E-state index is 0.407. The van der Waals surface area contributed by atoms with Gasteiger partial charge >= 0.3 is 5.76 Å². The first-order valence-corrected chi connectivity index (χ1v) is 5.26. The molecule has 0 atom stereocenters. The third-order valence-electron chi connectivity index (χ3n) is 2.37. The van der Waals surface area contributed by atoms with Crippen LogP contribution in [0.4, 0.5) is 0 Å². The number of nitrogens with one attached hydrogen (secondary N) is 3. The third kappa shape index (κ3) is 2.50. The van der Waals surface area contributed by atoms with Crippen LogP contribution in [0.25, 0.3) is 11.1 Å². The number of benzene rings is 1. The van der Waals surface area contributed by atoms with E-state index in [9.17, 15) is 4.79 Å². The molecule has 2 rings (SSSR count). The first-order valence-electron chi connectivity index (χ1n) is 5.26. The number of rotatable bonds is 5. The maximum Gasteiger partial charge on any atom is 0.417 e. The summed E-state index contributed by atoms with van der Waals surface area (Å²) in [6.07, 6.45) is 0. The summed E-state index contributed by atoms with van der Waals surface area (Å²) in [6.45, 7) is 2.61. The molecule has 1 heterocycles. The number of aromatic nitrogens is 1. The van der Waals surface area contributed by atoms with E-state index in [1.165, 1.54) is 0 Å².